The van der Waals surface area contributed by atoms with E-state index in [1.807, 2.05) is 13.8 Å². The summed E-state index contributed by atoms with van der Waals surface area (Å²) in [4.78, 5) is 15.3. The summed E-state index contributed by atoms with van der Waals surface area (Å²) in [7, 11) is 0. The number of Topliss-reactive ketones (excluding diaryl/α,β-unsaturated/α-hetero) is 1. The lowest BCUT2D eigenvalue weighted by Gasteiger charge is -2.24. The van der Waals surface area contributed by atoms with Crippen molar-refractivity contribution in [3.05, 3.63) is 24.2 Å². The van der Waals surface area contributed by atoms with Gasteiger partial charge in [-0.1, -0.05) is 13.5 Å². The molecule has 0 bridgehead atoms. The maximum atomic E-state index is 11.2. The summed E-state index contributed by atoms with van der Waals surface area (Å²) in [6, 6.07) is 0. The van der Waals surface area contributed by atoms with E-state index in [1.165, 1.54) is 6.92 Å². The van der Waals surface area contributed by atoms with Crippen molar-refractivity contribution in [3.8, 4) is 0 Å². The standard InChI is InChI=1S/C11H15N3O/c1-5-10-7-11(8(3)15)13-9(4)14(10)12-6-2/h6-7H,4-5H2,1-3H3/b12-6+. The molecule has 0 amide bonds. The van der Waals surface area contributed by atoms with Crippen LogP contribution in [0, 0.1) is 0 Å². The molecule has 0 aromatic rings. The summed E-state index contributed by atoms with van der Waals surface area (Å²) in [5, 5.41) is 5.78. The number of rotatable bonds is 3. The van der Waals surface area contributed by atoms with Crippen LogP contribution in [0.5, 0.6) is 0 Å². The molecule has 4 nitrogen and oxygen atoms in total. The molecule has 1 aliphatic heterocycles. The van der Waals surface area contributed by atoms with Crippen molar-refractivity contribution in [1.29, 1.82) is 0 Å². The Bertz CT molecular complexity index is 377. The topological polar surface area (TPSA) is 45.0 Å². The third kappa shape index (κ3) is 2.40. The number of hydrogen-bond donors (Lipinski definition) is 0. The van der Waals surface area contributed by atoms with Crippen molar-refractivity contribution < 1.29 is 4.79 Å². The van der Waals surface area contributed by atoms with E-state index in [-0.39, 0.29) is 5.78 Å². The maximum absolute atomic E-state index is 11.2. The van der Waals surface area contributed by atoms with Gasteiger partial charge in [-0.15, -0.1) is 0 Å². The third-order valence-corrected chi connectivity index (χ3v) is 2.02. The Hall–Kier alpha value is -1.71. The maximum Gasteiger partial charge on any atom is 0.178 e. The second kappa shape index (κ2) is 4.68. The van der Waals surface area contributed by atoms with Gasteiger partial charge in [-0.25, -0.2) is 10.0 Å². The lowest BCUT2D eigenvalue weighted by atomic mass is 10.1. The summed E-state index contributed by atoms with van der Waals surface area (Å²) in [5.41, 5.74) is 1.37. The van der Waals surface area contributed by atoms with Gasteiger partial charge in [0.1, 0.15) is 11.5 Å². The molecule has 0 aromatic carbocycles. The zero-order chi connectivity index (χ0) is 11.4. The summed E-state index contributed by atoms with van der Waals surface area (Å²) in [6.07, 6.45) is 4.20. The van der Waals surface area contributed by atoms with E-state index in [1.54, 1.807) is 17.3 Å². The van der Waals surface area contributed by atoms with E-state index >= 15 is 0 Å². The van der Waals surface area contributed by atoms with Crippen LogP contribution in [-0.4, -0.2) is 22.7 Å². The summed E-state index contributed by atoms with van der Waals surface area (Å²) in [6.45, 7) is 9.10. The minimum Gasteiger partial charge on any atom is -0.293 e. The molecule has 1 rings (SSSR count). The lowest BCUT2D eigenvalue weighted by molar-refractivity contribution is -0.111. The van der Waals surface area contributed by atoms with Crippen LogP contribution in [0.3, 0.4) is 0 Å². The van der Waals surface area contributed by atoms with Gasteiger partial charge in [-0.05, 0) is 19.4 Å². The number of hydrazone groups is 1. The molecule has 0 spiro atoms. The number of allylic oxidation sites excluding steroid dienone is 2. The minimum absolute atomic E-state index is 0.0535. The molecule has 0 fully saturated rings. The van der Waals surface area contributed by atoms with Crippen LogP contribution in [-0.2, 0) is 4.79 Å². The van der Waals surface area contributed by atoms with Gasteiger partial charge in [0, 0.05) is 18.8 Å². The zero-order valence-corrected chi connectivity index (χ0v) is 9.32. The van der Waals surface area contributed by atoms with Gasteiger partial charge in [0.05, 0.1) is 0 Å². The van der Waals surface area contributed by atoms with Crippen LogP contribution < -0.4 is 0 Å². The number of aliphatic imine (C=N–C) groups is 1. The van der Waals surface area contributed by atoms with Crippen LogP contribution >= 0.6 is 0 Å². The Morgan fingerprint density at radius 3 is 2.87 bits per heavy atom. The fourth-order valence-corrected chi connectivity index (χ4v) is 1.29. The van der Waals surface area contributed by atoms with Crippen molar-refractivity contribution in [3.63, 3.8) is 0 Å². The number of carbonyl (C=O) groups is 1. The molecule has 1 heterocycles. The van der Waals surface area contributed by atoms with Crippen LogP contribution in [0.25, 0.3) is 0 Å². The van der Waals surface area contributed by atoms with Gasteiger partial charge >= 0.3 is 0 Å². The lowest BCUT2D eigenvalue weighted by Crippen LogP contribution is -2.23. The smallest absolute Gasteiger partial charge is 0.178 e. The van der Waals surface area contributed by atoms with E-state index < -0.39 is 0 Å². The largest absolute Gasteiger partial charge is 0.293 e. The quantitative estimate of drug-likeness (QED) is 0.662. The molecule has 0 aliphatic carbocycles. The van der Waals surface area contributed by atoms with Crippen LogP contribution in [0.4, 0.5) is 0 Å². The molecule has 80 valence electrons. The molecule has 4 heteroatoms. The number of nitrogens with zero attached hydrogens (tertiary/aromatic N) is 3. The predicted molar refractivity (Wildman–Crippen MR) is 61.6 cm³/mol. The Balaban J connectivity index is 3.08. The molecule has 0 saturated heterocycles. The van der Waals surface area contributed by atoms with Crippen molar-refractivity contribution in [2.24, 2.45) is 10.1 Å². The molecule has 0 unspecified atom stereocenters. The van der Waals surface area contributed by atoms with E-state index in [4.69, 9.17) is 0 Å². The first-order valence-electron chi connectivity index (χ1n) is 4.88. The minimum atomic E-state index is -0.0535. The first kappa shape index (κ1) is 11.4. The fourth-order valence-electron chi connectivity index (χ4n) is 1.29. The Morgan fingerprint density at radius 2 is 2.40 bits per heavy atom. The second-order valence-corrected chi connectivity index (χ2v) is 3.14. The van der Waals surface area contributed by atoms with E-state index in [9.17, 15) is 4.79 Å². The zero-order valence-electron chi connectivity index (χ0n) is 9.32. The Labute approximate surface area is 89.7 Å². The number of ketones is 1. The van der Waals surface area contributed by atoms with Gasteiger partial charge in [-0.2, -0.15) is 5.10 Å². The van der Waals surface area contributed by atoms with Crippen molar-refractivity contribution in [2.45, 2.75) is 27.2 Å². The molecule has 0 radical (unpaired) electrons. The van der Waals surface area contributed by atoms with Gasteiger partial charge in [0.2, 0.25) is 0 Å². The molecule has 0 N–H and O–H groups in total. The fraction of sp³-hybridized carbons (Fsp3) is 0.364. The molecular weight excluding hydrogens is 190 g/mol. The Morgan fingerprint density at radius 1 is 1.73 bits per heavy atom. The predicted octanol–water partition coefficient (Wildman–Crippen LogP) is 2.10. The second-order valence-electron chi connectivity index (χ2n) is 3.14. The summed E-state index contributed by atoms with van der Waals surface area (Å²) < 4.78 is 0. The number of carbonyl (C=O) groups excluding carboxylic acids is 1. The van der Waals surface area contributed by atoms with E-state index in [0.717, 1.165) is 12.1 Å². The average molecular weight is 205 g/mol. The molecule has 0 saturated carbocycles. The van der Waals surface area contributed by atoms with Crippen molar-refractivity contribution in [2.75, 3.05) is 0 Å². The highest BCUT2D eigenvalue weighted by Gasteiger charge is 2.18. The normalized spacial score (nSPS) is 16.7. The third-order valence-electron chi connectivity index (χ3n) is 2.02. The van der Waals surface area contributed by atoms with Gasteiger partial charge < -0.3 is 0 Å². The molecule has 15 heavy (non-hydrogen) atoms. The molecular formula is C11H15N3O. The highest BCUT2D eigenvalue weighted by molar-refractivity contribution is 6.43. The average Bonchev–Trinajstić information content (AvgIpc) is 2.20. The molecule has 0 aromatic heterocycles. The van der Waals surface area contributed by atoms with Gasteiger partial charge in [0.15, 0.2) is 5.78 Å². The van der Waals surface area contributed by atoms with Crippen LogP contribution in [0.1, 0.15) is 27.2 Å². The first-order valence-corrected chi connectivity index (χ1v) is 4.88. The van der Waals surface area contributed by atoms with Crippen LogP contribution in [0.15, 0.2) is 34.3 Å². The molecule has 0 atom stereocenters. The summed E-state index contributed by atoms with van der Waals surface area (Å²) >= 11 is 0. The van der Waals surface area contributed by atoms with Gasteiger partial charge in [0.25, 0.3) is 0 Å². The van der Waals surface area contributed by atoms with Crippen molar-refractivity contribution in [1.82, 2.24) is 5.01 Å². The highest BCUT2D eigenvalue weighted by Crippen LogP contribution is 2.21. The number of hydrogen-bond acceptors (Lipinski definition) is 4. The highest BCUT2D eigenvalue weighted by atomic mass is 16.1. The first-order chi connectivity index (χ1) is 7.10. The summed E-state index contributed by atoms with van der Waals surface area (Å²) in [5.74, 6) is 0.430. The SMILES string of the molecule is C=C1N=C(C(C)=O)C=C(CC)N1/N=C/C. The van der Waals surface area contributed by atoms with E-state index in [0.29, 0.717) is 11.5 Å². The molecule has 1 aliphatic rings. The van der Waals surface area contributed by atoms with Crippen molar-refractivity contribution >= 4 is 17.7 Å². The van der Waals surface area contributed by atoms with Gasteiger partial charge in [-0.3, -0.25) is 4.79 Å². The van der Waals surface area contributed by atoms with E-state index in [2.05, 4.69) is 16.7 Å². The Kier molecular flexibility index (Phi) is 3.55. The monoisotopic (exact) mass is 205 g/mol. The van der Waals surface area contributed by atoms with Crippen LogP contribution in [0.2, 0.25) is 0 Å².